The van der Waals surface area contributed by atoms with Gasteiger partial charge in [0.05, 0.1) is 18.8 Å². The Kier molecular flexibility index (Phi) is 12.9. The number of benzene rings is 1. The predicted molar refractivity (Wildman–Crippen MR) is 170 cm³/mol. The van der Waals surface area contributed by atoms with Crippen molar-refractivity contribution in [2.75, 3.05) is 18.9 Å². The molecular formula is C35H47N3O6. The maximum absolute atomic E-state index is 11.1. The van der Waals surface area contributed by atoms with Gasteiger partial charge in [0.2, 0.25) is 0 Å². The van der Waals surface area contributed by atoms with Crippen LogP contribution in [-0.4, -0.2) is 67.0 Å². The van der Waals surface area contributed by atoms with Crippen LogP contribution in [0.15, 0.2) is 54.9 Å². The number of nitrogens with zero attached hydrogens (tertiary/aromatic N) is 1. The molecular weight excluding hydrogens is 558 g/mol. The summed E-state index contributed by atoms with van der Waals surface area (Å²) in [6.45, 7) is -0.136. The van der Waals surface area contributed by atoms with Crippen LogP contribution in [0.3, 0.4) is 0 Å². The van der Waals surface area contributed by atoms with Crippen molar-refractivity contribution in [2.45, 2.75) is 88.4 Å². The predicted octanol–water partition coefficient (Wildman–Crippen LogP) is 4.09. The third kappa shape index (κ3) is 10.00. The highest BCUT2D eigenvalue weighted by Crippen LogP contribution is 2.33. The molecule has 0 radical (unpaired) electrons. The molecule has 1 aliphatic carbocycles. The average molecular weight is 606 g/mol. The lowest BCUT2D eigenvalue weighted by atomic mass is 9.85. The number of nitrogen functional groups attached to an aromatic ring is 1. The Morgan fingerprint density at radius 3 is 2.70 bits per heavy atom. The first kappa shape index (κ1) is 33.3. The second kappa shape index (κ2) is 17.1. The zero-order valence-corrected chi connectivity index (χ0v) is 25.3. The fourth-order valence-corrected chi connectivity index (χ4v) is 6.06. The van der Waals surface area contributed by atoms with Gasteiger partial charge >= 0.3 is 0 Å². The lowest BCUT2D eigenvalue weighted by Gasteiger charge is -2.27. The van der Waals surface area contributed by atoms with Gasteiger partial charge in [-0.3, -0.25) is 0 Å². The highest BCUT2D eigenvalue weighted by Gasteiger charge is 2.27. The number of aromatic hydroxyl groups is 1. The fourth-order valence-electron chi connectivity index (χ4n) is 6.06. The second-order valence-corrected chi connectivity index (χ2v) is 11.9. The quantitative estimate of drug-likeness (QED) is 0.135. The Labute approximate surface area is 260 Å². The van der Waals surface area contributed by atoms with Crippen LogP contribution in [0.4, 0.5) is 5.82 Å². The van der Waals surface area contributed by atoms with E-state index in [1.807, 2.05) is 30.5 Å². The zero-order valence-electron chi connectivity index (χ0n) is 25.3. The first-order valence-electron chi connectivity index (χ1n) is 15.7. The summed E-state index contributed by atoms with van der Waals surface area (Å²) < 4.78 is 6.17. The van der Waals surface area contributed by atoms with Crippen LogP contribution >= 0.6 is 0 Å². The van der Waals surface area contributed by atoms with Gasteiger partial charge in [-0.15, -0.1) is 5.92 Å². The number of hydrogen-bond donors (Lipinski definition) is 7. The third-order valence-electron chi connectivity index (χ3n) is 8.62. The van der Waals surface area contributed by atoms with Crippen molar-refractivity contribution in [1.29, 1.82) is 0 Å². The van der Waals surface area contributed by atoms with E-state index >= 15 is 0 Å². The van der Waals surface area contributed by atoms with Crippen molar-refractivity contribution in [1.82, 2.24) is 9.97 Å². The van der Waals surface area contributed by atoms with Gasteiger partial charge in [0.15, 0.2) is 11.5 Å². The van der Waals surface area contributed by atoms with Gasteiger partial charge in [-0.1, -0.05) is 24.8 Å². The number of nitrogens with one attached hydrogen (secondary N) is 1. The number of aromatic amines is 1. The summed E-state index contributed by atoms with van der Waals surface area (Å²) in [7, 11) is 0. The Morgan fingerprint density at radius 1 is 1.11 bits per heavy atom. The van der Waals surface area contributed by atoms with Gasteiger partial charge in [-0.25, -0.2) is 4.98 Å². The summed E-state index contributed by atoms with van der Waals surface area (Å²) in [5, 5.41) is 52.1. The molecule has 238 valence electrons. The van der Waals surface area contributed by atoms with Crippen molar-refractivity contribution in [3.05, 3.63) is 71.7 Å². The number of anilines is 1. The van der Waals surface area contributed by atoms with Crippen LogP contribution in [0, 0.1) is 23.7 Å². The minimum Gasteiger partial charge on any atom is -0.504 e. The summed E-state index contributed by atoms with van der Waals surface area (Å²) in [6, 6.07) is 12.8. The van der Waals surface area contributed by atoms with E-state index in [2.05, 4.69) is 21.8 Å². The second-order valence-electron chi connectivity index (χ2n) is 11.9. The van der Waals surface area contributed by atoms with E-state index in [1.165, 1.54) is 0 Å². The molecule has 9 nitrogen and oxygen atoms in total. The van der Waals surface area contributed by atoms with Crippen molar-refractivity contribution in [3.8, 4) is 23.3 Å². The van der Waals surface area contributed by atoms with Crippen LogP contribution in [-0.2, 0) is 12.8 Å². The van der Waals surface area contributed by atoms with Gasteiger partial charge in [-0.05, 0) is 98.4 Å². The minimum atomic E-state index is -0.750. The summed E-state index contributed by atoms with van der Waals surface area (Å²) in [5.74, 6) is 6.83. The Morgan fingerprint density at radius 2 is 1.95 bits per heavy atom. The Hall–Kier alpha value is -3.55. The van der Waals surface area contributed by atoms with Crippen molar-refractivity contribution in [2.24, 2.45) is 11.8 Å². The van der Waals surface area contributed by atoms with E-state index in [1.54, 1.807) is 24.4 Å². The molecule has 1 aliphatic rings. The topological polar surface area (TPSA) is 165 Å². The number of aryl methyl sites for hydroxylation is 1. The van der Waals surface area contributed by atoms with Gasteiger partial charge in [-0.2, -0.15) is 0 Å². The van der Waals surface area contributed by atoms with E-state index in [0.29, 0.717) is 50.8 Å². The molecule has 44 heavy (non-hydrogen) atoms. The molecule has 3 aromatic rings. The molecule has 0 aliphatic heterocycles. The van der Waals surface area contributed by atoms with Gasteiger partial charge < -0.3 is 41.0 Å². The van der Waals surface area contributed by atoms with Crippen molar-refractivity contribution < 1.29 is 30.3 Å². The number of aliphatic hydroxyl groups excluding tert-OH is 4. The van der Waals surface area contributed by atoms with Gasteiger partial charge in [0, 0.05) is 43.0 Å². The highest BCUT2D eigenvalue weighted by atomic mass is 16.5. The summed E-state index contributed by atoms with van der Waals surface area (Å²) in [5.41, 5.74) is 8.85. The van der Waals surface area contributed by atoms with Gasteiger partial charge in [0.1, 0.15) is 11.9 Å². The molecule has 6 atom stereocenters. The molecule has 0 unspecified atom stereocenters. The first-order chi connectivity index (χ1) is 21.4. The molecule has 0 bridgehead atoms. The van der Waals surface area contributed by atoms with Crippen LogP contribution in [0.25, 0.3) is 0 Å². The number of nitrogens with two attached hydrogens (primary N) is 1. The number of aliphatic hydroxyl groups is 4. The average Bonchev–Trinajstić information content (AvgIpc) is 3.53. The van der Waals surface area contributed by atoms with E-state index in [9.17, 15) is 25.5 Å². The first-order valence-corrected chi connectivity index (χ1v) is 15.7. The van der Waals surface area contributed by atoms with Gasteiger partial charge in [0.25, 0.3) is 0 Å². The number of ether oxygens (including phenoxy) is 1. The number of H-pyrrole nitrogens is 1. The van der Waals surface area contributed by atoms with Crippen LogP contribution in [0.1, 0.15) is 74.1 Å². The lowest BCUT2D eigenvalue weighted by Crippen LogP contribution is -2.32. The Balaban J connectivity index is 1.41. The monoisotopic (exact) mass is 605 g/mol. The van der Waals surface area contributed by atoms with E-state index in [4.69, 9.17) is 10.5 Å². The molecule has 1 aromatic carbocycles. The van der Waals surface area contributed by atoms with Crippen molar-refractivity contribution >= 4 is 5.82 Å². The molecule has 4 rings (SSSR count). The number of rotatable bonds is 14. The molecule has 9 heteroatoms. The van der Waals surface area contributed by atoms with Crippen LogP contribution in [0.2, 0.25) is 0 Å². The summed E-state index contributed by atoms with van der Waals surface area (Å²) in [6.07, 6.45) is 8.03. The Bertz CT molecular complexity index is 1340. The van der Waals surface area contributed by atoms with Crippen LogP contribution < -0.4 is 10.5 Å². The zero-order chi connectivity index (χ0) is 31.3. The molecule has 2 heterocycles. The molecule has 0 spiro atoms. The fraction of sp³-hybridized carbons (Fsp3) is 0.514. The number of pyridine rings is 1. The molecule has 2 aromatic heterocycles. The SMILES string of the molecule is Nc1cc([C@@H](Cc2ccc[nH]2)C[C@H](CO)Oc2cc(CC[C@@H](O)[C@H]3CC#C[C@H](CCO)CCCC[C@@H]3O)ccc2O)ccn1. The maximum Gasteiger partial charge on any atom is 0.161 e. The van der Waals surface area contributed by atoms with Crippen LogP contribution in [0.5, 0.6) is 11.5 Å². The highest BCUT2D eigenvalue weighted by molar-refractivity contribution is 5.42. The normalized spacial score (nSPS) is 21.0. The maximum atomic E-state index is 11.1. The smallest absolute Gasteiger partial charge is 0.161 e. The molecule has 0 fully saturated rings. The molecule has 0 amide bonds. The number of hydrogen-bond acceptors (Lipinski definition) is 8. The lowest BCUT2D eigenvalue weighted by molar-refractivity contribution is 0.00555. The number of phenols is 1. The minimum absolute atomic E-state index is 0.0257. The molecule has 0 saturated heterocycles. The van der Waals surface area contributed by atoms with E-state index in [0.717, 1.165) is 36.1 Å². The standard InChI is InChI=1S/C35H47N3O6/c36-35-22-26(14-17-38-35)27(20-28-7-4-16-37-28)21-29(23-40)44-34-19-25(11-13-33(34)43)10-12-32(42)30-8-3-6-24(15-18-39)5-1-2-9-31(30)41/h4,7,11,13-14,16-17,19,22,24,27,29-32,37,39-43H,1-2,5,8-10,12,15,18,20-21,23H2,(H2,36,38)/t24-,27+,29-,30+,31+,32-/m1/s1. The number of aromatic nitrogens is 2. The number of phenolic OH excluding ortho intramolecular Hbond substituents is 1. The van der Waals surface area contributed by atoms with E-state index < -0.39 is 18.3 Å². The summed E-state index contributed by atoms with van der Waals surface area (Å²) >= 11 is 0. The van der Waals surface area contributed by atoms with Crippen molar-refractivity contribution in [3.63, 3.8) is 0 Å². The largest absolute Gasteiger partial charge is 0.504 e. The molecule has 8 N–H and O–H groups in total. The molecule has 0 saturated carbocycles. The summed E-state index contributed by atoms with van der Waals surface area (Å²) in [4.78, 5) is 7.34. The van der Waals surface area contributed by atoms with E-state index in [-0.39, 0.29) is 42.5 Å². The third-order valence-corrected chi connectivity index (χ3v) is 8.62.